The summed E-state index contributed by atoms with van der Waals surface area (Å²) in [4.78, 5) is 14.5. The molecular formula is C17H22N2O2. The lowest BCUT2D eigenvalue weighted by Gasteiger charge is -2.19. The lowest BCUT2D eigenvalue weighted by atomic mass is 10.1. The van der Waals surface area contributed by atoms with Crippen molar-refractivity contribution in [3.63, 3.8) is 0 Å². The van der Waals surface area contributed by atoms with Crippen molar-refractivity contribution in [3.05, 3.63) is 35.4 Å². The van der Waals surface area contributed by atoms with Gasteiger partial charge in [0.1, 0.15) is 0 Å². The fourth-order valence-electron chi connectivity index (χ4n) is 2.51. The second-order valence-corrected chi connectivity index (χ2v) is 5.34. The maximum atomic E-state index is 12.2. The van der Waals surface area contributed by atoms with E-state index in [1.807, 2.05) is 12.1 Å². The van der Waals surface area contributed by atoms with Gasteiger partial charge in [0.25, 0.3) is 5.91 Å². The molecule has 0 bridgehead atoms. The van der Waals surface area contributed by atoms with Gasteiger partial charge in [0.15, 0.2) is 0 Å². The van der Waals surface area contributed by atoms with E-state index in [9.17, 15) is 4.79 Å². The SMILES string of the molecule is CN1CCCC1CNC(=O)c1cccc(C#CCCO)c1. The van der Waals surface area contributed by atoms with E-state index >= 15 is 0 Å². The molecule has 0 aliphatic carbocycles. The smallest absolute Gasteiger partial charge is 0.251 e. The molecule has 1 saturated heterocycles. The highest BCUT2D eigenvalue weighted by Crippen LogP contribution is 2.13. The average Bonchev–Trinajstić information content (AvgIpc) is 2.91. The van der Waals surface area contributed by atoms with Crippen LogP contribution in [0, 0.1) is 11.8 Å². The Balaban J connectivity index is 1.93. The Bertz CT molecular complexity index is 545. The third kappa shape index (κ3) is 4.59. The van der Waals surface area contributed by atoms with Gasteiger partial charge in [-0.3, -0.25) is 4.79 Å². The van der Waals surface area contributed by atoms with Crippen LogP contribution in [0.2, 0.25) is 0 Å². The normalized spacial score (nSPS) is 18.1. The summed E-state index contributed by atoms with van der Waals surface area (Å²) >= 11 is 0. The van der Waals surface area contributed by atoms with Crippen LogP contribution in [-0.2, 0) is 0 Å². The quantitative estimate of drug-likeness (QED) is 0.819. The molecule has 1 aromatic carbocycles. The van der Waals surface area contributed by atoms with Crippen molar-refractivity contribution in [2.75, 3.05) is 26.7 Å². The molecule has 1 heterocycles. The largest absolute Gasteiger partial charge is 0.395 e. The molecule has 1 atom stereocenters. The fourth-order valence-corrected chi connectivity index (χ4v) is 2.51. The summed E-state index contributed by atoms with van der Waals surface area (Å²) in [6.45, 7) is 1.86. The molecule has 112 valence electrons. The molecule has 0 radical (unpaired) electrons. The van der Waals surface area contributed by atoms with E-state index in [1.54, 1.807) is 12.1 Å². The number of likely N-dealkylation sites (N-methyl/N-ethyl adjacent to an activating group) is 1. The number of hydrogen-bond donors (Lipinski definition) is 2. The molecule has 21 heavy (non-hydrogen) atoms. The van der Waals surface area contributed by atoms with Crippen molar-refractivity contribution in [3.8, 4) is 11.8 Å². The predicted octanol–water partition coefficient (Wildman–Crippen LogP) is 1.24. The first kappa shape index (κ1) is 15.6. The molecule has 0 spiro atoms. The third-order valence-electron chi connectivity index (χ3n) is 3.76. The van der Waals surface area contributed by atoms with Crippen LogP contribution in [-0.4, -0.2) is 48.7 Å². The highest BCUT2D eigenvalue weighted by Gasteiger charge is 2.21. The van der Waals surface area contributed by atoms with Gasteiger partial charge in [-0.25, -0.2) is 0 Å². The van der Waals surface area contributed by atoms with E-state index < -0.39 is 0 Å². The molecule has 2 rings (SSSR count). The van der Waals surface area contributed by atoms with Crippen LogP contribution in [0.4, 0.5) is 0 Å². The Kier molecular flexibility index (Phi) is 5.79. The Morgan fingerprint density at radius 2 is 2.38 bits per heavy atom. The van der Waals surface area contributed by atoms with Gasteiger partial charge in [-0.1, -0.05) is 17.9 Å². The van der Waals surface area contributed by atoms with Crippen molar-refractivity contribution in [1.82, 2.24) is 10.2 Å². The van der Waals surface area contributed by atoms with E-state index in [-0.39, 0.29) is 12.5 Å². The molecule has 1 aliphatic heterocycles. The Labute approximate surface area is 126 Å². The summed E-state index contributed by atoms with van der Waals surface area (Å²) in [6.07, 6.45) is 2.79. The minimum atomic E-state index is -0.0545. The maximum absolute atomic E-state index is 12.2. The van der Waals surface area contributed by atoms with Crippen molar-refractivity contribution in [2.24, 2.45) is 0 Å². The first-order valence-electron chi connectivity index (χ1n) is 7.39. The van der Waals surface area contributed by atoms with Gasteiger partial charge in [0, 0.05) is 30.1 Å². The zero-order valence-corrected chi connectivity index (χ0v) is 12.4. The second kappa shape index (κ2) is 7.82. The van der Waals surface area contributed by atoms with E-state index in [1.165, 1.54) is 6.42 Å². The highest BCUT2D eigenvalue weighted by atomic mass is 16.2. The number of carbonyl (C=O) groups is 1. The number of hydrogen-bond acceptors (Lipinski definition) is 3. The average molecular weight is 286 g/mol. The van der Waals surface area contributed by atoms with Crippen molar-refractivity contribution in [2.45, 2.75) is 25.3 Å². The number of aliphatic hydroxyl groups is 1. The van der Waals surface area contributed by atoms with Gasteiger partial charge < -0.3 is 15.3 Å². The summed E-state index contributed by atoms with van der Waals surface area (Å²) in [5.41, 5.74) is 1.43. The molecule has 4 heteroatoms. The number of likely N-dealkylation sites (tertiary alicyclic amines) is 1. The minimum Gasteiger partial charge on any atom is -0.395 e. The van der Waals surface area contributed by atoms with Crippen LogP contribution < -0.4 is 5.32 Å². The summed E-state index contributed by atoms with van der Waals surface area (Å²) in [7, 11) is 2.10. The maximum Gasteiger partial charge on any atom is 0.251 e. The molecule has 4 nitrogen and oxygen atoms in total. The molecule has 2 N–H and O–H groups in total. The van der Waals surface area contributed by atoms with Gasteiger partial charge in [0.2, 0.25) is 0 Å². The first-order valence-corrected chi connectivity index (χ1v) is 7.39. The molecule has 0 saturated carbocycles. The second-order valence-electron chi connectivity index (χ2n) is 5.34. The Morgan fingerprint density at radius 1 is 1.52 bits per heavy atom. The number of carbonyl (C=O) groups excluding carboxylic acids is 1. The summed E-state index contributed by atoms with van der Waals surface area (Å²) in [6, 6.07) is 7.73. The number of aliphatic hydroxyl groups excluding tert-OH is 1. The summed E-state index contributed by atoms with van der Waals surface area (Å²) in [5.74, 6) is 5.75. The van der Waals surface area contributed by atoms with Crippen LogP contribution in [0.3, 0.4) is 0 Å². The highest BCUT2D eigenvalue weighted by molar-refractivity contribution is 5.94. The van der Waals surface area contributed by atoms with Crippen LogP contribution in [0.5, 0.6) is 0 Å². The standard InChI is InChI=1S/C17H22N2O2/c1-19-10-5-9-16(19)13-18-17(21)15-8-4-7-14(12-15)6-2-3-11-20/h4,7-8,12,16,20H,3,5,9-11,13H2,1H3,(H,18,21). The van der Waals surface area contributed by atoms with E-state index in [0.717, 1.165) is 18.5 Å². The summed E-state index contributed by atoms with van der Waals surface area (Å²) in [5, 5.41) is 11.7. The van der Waals surface area contributed by atoms with Crippen molar-refractivity contribution >= 4 is 5.91 Å². The van der Waals surface area contributed by atoms with Crippen molar-refractivity contribution < 1.29 is 9.90 Å². The van der Waals surface area contributed by atoms with Gasteiger partial charge >= 0.3 is 0 Å². The predicted molar refractivity (Wildman–Crippen MR) is 83.0 cm³/mol. The lowest BCUT2D eigenvalue weighted by Crippen LogP contribution is -2.38. The molecular weight excluding hydrogens is 264 g/mol. The number of nitrogens with one attached hydrogen (secondary N) is 1. The molecule has 0 aromatic heterocycles. The van der Waals surface area contributed by atoms with E-state index in [2.05, 4.69) is 29.1 Å². The summed E-state index contributed by atoms with van der Waals surface area (Å²) < 4.78 is 0. The van der Waals surface area contributed by atoms with Crippen LogP contribution in [0.25, 0.3) is 0 Å². The Morgan fingerprint density at radius 3 is 3.10 bits per heavy atom. The van der Waals surface area contributed by atoms with Crippen LogP contribution in [0.1, 0.15) is 35.2 Å². The zero-order chi connectivity index (χ0) is 15.1. The molecule has 1 unspecified atom stereocenters. The topological polar surface area (TPSA) is 52.6 Å². The molecule has 1 fully saturated rings. The van der Waals surface area contributed by atoms with Crippen molar-refractivity contribution in [1.29, 1.82) is 0 Å². The molecule has 1 amide bonds. The lowest BCUT2D eigenvalue weighted by molar-refractivity contribution is 0.0943. The van der Waals surface area contributed by atoms with Gasteiger partial charge in [-0.2, -0.15) is 0 Å². The van der Waals surface area contributed by atoms with Crippen LogP contribution >= 0.6 is 0 Å². The van der Waals surface area contributed by atoms with Gasteiger partial charge in [-0.05, 0) is 44.6 Å². The van der Waals surface area contributed by atoms with Gasteiger partial charge in [0.05, 0.1) is 6.61 Å². The number of nitrogens with zero attached hydrogens (tertiary/aromatic N) is 1. The number of amides is 1. The first-order chi connectivity index (χ1) is 10.2. The minimum absolute atomic E-state index is 0.0545. The number of benzene rings is 1. The monoisotopic (exact) mass is 286 g/mol. The Hall–Kier alpha value is -1.83. The number of rotatable bonds is 4. The third-order valence-corrected chi connectivity index (χ3v) is 3.76. The fraction of sp³-hybridized carbons (Fsp3) is 0.471. The van der Waals surface area contributed by atoms with E-state index in [0.29, 0.717) is 24.6 Å². The zero-order valence-electron chi connectivity index (χ0n) is 12.4. The van der Waals surface area contributed by atoms with E-state index in [4.69, 9.17) is 5.11 Å². The molecule has 1 aliphatic rings. The van der Waals surface area contributed by atoms with Crippen LogP contribution in [0.15, 0.2) is 24.3 Å². The molecule has 1 aromatic rings. The van der Waals surface area contributed by atoms with Gasteiger partial charge in [-0.15, -0.1) is 0 Å².